The summed E-state index contributed by atoms with van der Waals surface area (Å²) in [4.78, 5) is 0. The average Bonchev–Trinajstić information content (AvgIpc) is 2.76. The van der Waals surface area contributed by atoms with Gasteiger partial charge in [-0.25, -0.2) is 0 Å². The van der Waals surface area contributed by atoms with E-state index in [0.717, 1.165) is 42.6 Å². The lowest BCUT2D eigenvalue weighted by atomic mass is 9.74. The summed E-state index contributed by atoms with van der Waals surface area (Å²) >= 11 is 0. The van der Waals surface area contributed by atoms with Crippen LogP contribution in [0.3, 0.4) is 0 Å². The third-order valence-corrected chi connectivity index (χ3v) is 7.32. The zero-order valence-corrected chi connectivity index (χ0v) is 18.2. The maximum Gasteiger partial charge on any atom is 0.573 e. The van der Waals surface area contributed by atoms with Crippen LogP contribution in [0.5, 0.6) is 5.75 Å². The molecule has 1 aromatic carbocycles. The molecular weight excluding hydrogens is 399 g/mol. The molecule has 1 aromatic rings. The summed E-state index contributed by atoms with van der Waals surface area (Å²) in [5.41, 5.74) is 1.14. The standard InChI is InChI=1S/C26H34F3NO/c27-26(28,29)31-25-17-15-24(16-18-25)23-13-11-22(12-14-23)10-9-21-7-5-20(6-8-21)4-2-1-3-19-30/h1,3,15-18,20-23H,2,4-14H2. The smallest absolute Gasteiger partial charge is 0.406 e. The van der Waals surface area contributed by atoms with Crippen LogP contribution in [0.4, 0.5) is 13.2 Å². The van der Waals surface area contributed by atoms with Gasteiger partial charge in [0.15, 0.2) is 0 Å². The molecule has 2 aliphatic rings. The molecule has 0 heterocycles. The molecule has 2 nitrogen and oxygen atoms in total. The van der Waals surface area contributed by atoms with E-state index in [9.17, 15) is 13.2 Å². The molecule has 0 radical (unpaired) electrons. The van der Waals surface area contributed by atoms with Gasteiger partial charge >= 0.3 is 6.36 Å². The average molecular weight is 434 g/mol. The van der Waals surface area contributed by atoms with Crippen LogP contribution in [0.15, 0.2) is 36.4 Å². The highest BCUT2D eigenvalue weighted by Gasteiger charge is 2.31. The van der Waals surface area contributed by atoms with Crippen molar-refractivity contribution in [2.24, 2.45) is 17.8 Å². The van der Waals surface area contributed by atoms with Crippen LogP contribution in [0, 0.1) is 29.1 Å². The lowest BCUT2D eigenvalue weighted by molar-refractivity contribution is -0.274. The van der Waals surface area contributed by atoms with Crippen LogP contribution < -0.4 is 4.74 Å². The highest BCUT2D eigenvalue weighted by molar-refractivity contribution is 5.29. The van der Waals surface area contributed by atoms with Crippen molar-refractivity contribution < 1.29 is 17.9 Å². The summed E-state index contributed by atoms with van der Waals surface area (Å²) in [6, 6.07) is 8.51. The third-order valence-electron chi connectivity index (χ3n) is 7.32. The Morgan fingerprint density at radius 3 is 1.87 bits per heavy atom. The molecule has 0 spiro atoms. The summed E-state index contributed by atoms with van der Waals surface area (Å²) in [5, 5.41) is 8.55. The van der Waals surface area contributed by atoms with Crippen LogP contribution in [0.25, 0.3) is 0 Å². The van der Waals surface area contributed by atoms with Gasteiger partial charge in [0.1, 0.15) is 5.75 Å². The van der Waals surface area contributed by atoms with Gasteiger partial charge in [-0.05, 0) is 79.9 Å². The van der Waals surface area contributed by atoms with Crippen LogP contribution >= 0.6 is 0 Å². The molecule has 5 heteroatoms. The van der Waals surface area contributed by atoms with Gasteiger partial charge in [0.05, 0.1) is 6.07 Å². The number of benzene rings is 1. The molecule has 3 rings (SSSR count). The molecule has 0 amide bonds. The summed E-state index contributed by atoms with van der Waals surface area (Å²) in [7, 11) is 0. The fraction of sp³-hybridized carbons (Fsp3) is 0.654. The van der Waals surface area contributed by atoms with Gasteiger partial charge in [-0.1, -0.05) is 56.7 Å². The largest absolute Gasteiger partial charge is 0.573 e. The van der Waals surface area contributed by atoms with Gasteiger partial charge in [0, 0.05) is 6.08 Å². The zero-order chi connectivity index (χ0) is 22.1. The number of hydrogen-bond donors (Lipinski definition) is 0. The number of nitrogens with zero attached hydrogens (tertiary/aromatic N) is 1. The Morgan fingerprint density at radius 1 is 0.839 bits per heavy atom. The Balaban J connectivity index is 1.32. The highest BCUT2D eigenvalue weighted by Crippen LogP contribution is 2.40. The minimum atomic E-state index is -4.63. The van der Waals surface area contributed by atoms with Crippen LogP contribution in [-0.2, 0) is 0 Å². The number of halogens is 3. The summed E-state index contributed by atoms with van der Waals surface area (Å²) < 4.78 is 40.9. The van der Waals surface area contributed by atoms with Crippen molar-refractivity contribution in [1.82, 2.24) is 0 Å². The first-order valence-electron chi connectivity index (χ1n) is 11.8. The lowest BCUT2D eigenvalue weighted by Crippen LogP contribution is -2.18. The van der Waals surface area contributed by atoms with Crippen molar-refractivity contribution in [3.63, 3.8) is 0 Å². The summed E-state index contributed by atoms with van der Waals surface area (Å²) in [5.74, 6) is 2.84. The van der Waals surface area contributed by atoms with Gasteiger partial charge in [-0.15, -0.1) is 13.2 Å². The summed E-state index contributed by atoms with van der Waals surface area (Å²) in [6.45, 7) is 0. The van der Waals surface area contributed by atoms with Crippen LogP contribution in [-0.4, -0.2) is 6.36 Å². The molecule has 170 valence electrons. The van der Waals surface area contributed by atoms with Gasteiger partial charge in [0.2, 0.25) is 0 Å². The van der Waals surface area contributed by atoms with E-state index < -0.39 is 6.36 Å². The molecule has 2 saturated carbocycles. The zero-order valence-electron chi connectivity index (χ0n) is 18.2. The van der Waals surface area contributed by atoms with E-state index in [4.69, 9.17) is 5.26 Å². The molecule has 0 unspecified atom stereocenters. The van der Waals surface area contributed by atoms with E-state index in [0.29, 0.717) is 5.92 Å². The Hall–Kier alpha value is -1.96. The van der Waals surface area contributed by atoms with Crippen molar-refractivity contribution in [3.8, 4) is 11.8 Å². The van der Waals surface area contributed by atoms with Crippen molar-refractivity contribution in [2.45, 2.75) is 89.3 Å². The first-order chi connectivity index (χ1) is 14.9. The highest BCUT2D eigenvalue weighted by atomic mass is 19.4. The second kappa shape index (κ2) is 11.6. The monoisotopic (exact) mass is 433 g/mol. The van der Waals surface area contributed by atoms with Crippen molar-refractivity contribution in [3.05, 3.63) is 42.0 Å². The number of nitriles is 1. The second-order valence-corrected chi connectivity index (χ2v) is 9.41. The Labute approximate surface area is 184 Å². The van der Waals surface area contributed by atoms with Crippen molar-refractivity contribution >= 4 is 0 Å². The van der Waals surface area contributed by atoms with E-state index in [1.165, 1.54) is 69.9 Å². The number of alkyl halides is 3. The molecular formula is C26H34F3NO. The second-order valence-electron chi connectivity index (χ2n) is 9.41. The minimum Gasteiger partial charge on any atom is -0.406 e. The van der Waals surface area contributed by atoms with Crippen molar-refractivity contribution in [2.75, 3.05) is 0 Å². The third kappa shape index (κ3) is 8.24. The molecule has 2 aliphatic carbocycles. The maximum absolute atomic E-state index is 12.3. The molecule has 0 saturated heterocycles. The molecule has 31 heavy (non-hydrogen) atoms. The number of rotatable bonds is 8. The summed E-state index contributed by atoms with van der Waals surface area (Å²) in [6.07, 6.45) is 14.0. The van der Waals surface area contributed by atoms with Crippen LogP contribution in [0.2, 0.25) is 0 Å². The Bertz CT molecular complexity index is 719. The Kier molecular flexibility index (Phi) is 8.87. The number of ether oxygens (including phenoxy) is 1. The minimum absolute atomic E-state index is 0.140. The first-order valence-corrected chi connectivity index (χ1v) is 11.8. The van der Waals surface area contributed by atoms with Gasteiger partial charge in [0.25, 0.3) is 0 Å². The molecule has 0 bridgehead atoms. The molecule has 0 aromatic heterocycles. The molecule has 0 atom stereocenters. The van der Waals surface area contributed by atoms with E-state index in [2.05, 4.69) is 10.8 Å². The predicted molar refractivity (Wildman–Crippen MR) is 116 cm³/mol. The van der Waals surface area contributed by atoms with Gasteiger partial charge < -0.3 is 4.74 Å². The fourth-order valence-electron chi connectivity index (χ4n) is 5.47. The molecule has 0 N–H and O–H groups in total. The number of hydrogen-bond acceptors (Lipinski definition) is 2. The quantitative estimate of drug-likeness (QED) is 0.386. The van der Waals surface area contributed by atoms with Gasteiger partial charge in [-0.2, -0.15) is 5.26 Å². The lowest BCUT2D eigenvalue weighted by Gasteiger charge is -2.32. The fourth-order valence-corrected chi connectivity index (χ4v) is 5.47. The SMILES string of the molecule is N#CC=CCCC1CCC(CCC2CCC(c3ccc(OC(F)(F)F)cc3)CC2)CC1. The van der Waals surface area contributed by atoms with Crippen LogP contribution in [0.1, 0.15) is 88.5 Å². The van der Waals surface area contributed by atoms with E-state index in [1.807, 2.05) is 6.08 Å². The van der Waals surface area contributed by atoms with E-state index >= 15 is 0 Å². The molecule has 0 aliphatic heterocycles. The normalized spacial score (nSPS) is 27.2. The maximum atomic E-state index is 12.3. The van der Waals surface area contributed by atoms with Crippen molar-refractivity contribution in [1.29, 1.82) is 5.26 Å². The molecule has 2 fully saturated rings. The topological polar surface area (TPSA) is 33.0 Å². The van der Waals surface area contributed by atoms with Gasteiger partial charge in [-0.3, -0.25) is 0 Å². The predicted octanol–water partition coefficient (Wildman–Crippen LogP) is 8.31. The van der Waals surface area contributed by atoms with E-state index in [-0.39, 0.29) is 5.75 Å². The Morgan fingerprint density at radius 2 is 1.35 bits per heavy atom. The van der Waals surface area contributed by atoms with E-state index in [1.54, 1.807) is 18.2 Å². The first kappa shape index (κ1) is 23.7. The number of allylic oxidation sites excluding steroid dienone is 2.